The average Bonchev–Trinajstić information content (AvgIpc) is 2.36. The fourth-order valence-electron chi connectivity index (χ4n) is 3.71. The highest BCUT2D eigenvalue weighted by atomic mass is 16.5. The molecule has 0 aromatic heterocycles. The van der Waals surface area contributed by atoms with Gasteiger partial charge >= 0.3 is 0 Å². The summed E-state index contributed by atoms with van der Waals surface area (Å²) in [5, 5.41) is 0. The van der Waals surface area contributed by atoms with Crippen LogP contribution in [0.4, 0.5) is 0 Å². The number of rotatable bonds is 1. The minimum atomic E-state index is -0.128. The zero-order valence-electron chi connectivity index (χ0n) is 14.5. The maximum absolute atomic E-state index is 6.34. The van der Waals surface area contributed by atoms with Gasteiger partial charge in [0, 0.05) is 6.00 Å². The second-order valence-electron chi connectivity index (χ2n) is 9.69. The van der Waals surface area contributed by atoms with Crippen LogP contribution in [0.5, 0.6) is 0 Å². The third-order valence-electron chi connectivity index (χ3n) is 4.29. The Morgan fingerprint density at radius 2 is 1.21 bits per heavy atom. The van der Waals surface area contributed by atoms with Crippen molar-refractivity contribution in [3.63, 3.8) is 0 Å². The molecule has 19 heavy (non-hydrogen) atoms. The highest BCUT2D eigenvalue weighted by molar-refractivity contribution is 6.11. The van der Waals surface area contributed by atoms with Crippen molar-refractivity contribution >= 4 is 7.85 Å². The van der Waals surface area contributed by atoms with Gasteiger partial charge in [0.2, 0.25) is 0 Å². The van der Waals surface area contributed by atoms with Crippen LogP contribution in [0, 0.1) is 28.1 Å². The van der Waals surface area contributed by atoms with Gasteiger partial charge in [0.25, 0.3) is 0 Å². The van der Waals surface area contributed by atoms with E-state index in [9.17, 15) is 0 Å². The summed E-state index contributed by atoms with van der Waals surface area (Å²) in [4.78, 5) is 0. The lowest BCUT2D eigenvalue weighted by Gasteiger charge is -2.42. The molecule has 110 valence electrons. The van der Waals surface area contributed by atoms with Crippen LogP contribution in [-0.2, 0) is 4.74 Å². The van der Waals surface area contributed by atoms with Crippen molar-refractivity contribution in [1.29, 1.82) is 0 Å². The second kappa shape index (κ2) is 5.09. The lowest BCUT2D eigenvalue weighted by atomic mass is 9.58. The molecule has 1 rings (SSSR count). The predicted octanol–water partition coefficient (Wildman–Crippen LogP) is 4.64. The van der Waals surface area contributed by atoms with E-state index in [1.165, 1.54) is 0 Å². The fourth-order valence-corrected chi connectivity index (χ4v) is 3.71. The summed E-state index contributed by atoms with van der Waals surface area (Å²) < 4.78 is 6.19. The molecule has 4 atom stereocenters. The monoisotopic (exact) mass is 264 g/mol. The van der Waals surface area contributed by atoms with Gasteiger partial charge in [-0.25, -0.2) is 0 Å². The van der Waals surface area contributed by atoms with Crippen LogP contribution in [0.1, 0.15) is 68.7 Å². The van der Waals surface area contributed by atoms with E-state index in [2.05, 4.69) is 62.3 Å². The average molecular weight is 264 g/mol. The lowest BCUT2D eigenvalue weighted by molar-refractivity contribution is 0.0169. The molecule has 0 amide bonds. The van der Waals surface area contributed by atoms with Crippen molar-refractivity contribution in [2.45, 2.75) is 80.8 Å². The molecule has 1 nitrogen and oxygen atoms in total. The zero-order chi connectivity index (χ0) is 15.2. The smallest absolute Gasteiger partial charge is 0.109 e. The van der Waals surface area contributed by atoms with Crippen molar-refractivity contribution in [2.24, 2.45) is 28.1 Å². The van der Waals surface area contributed by atoms with Crippen LogP contribution in [0.15, 0.2) is 0 Å². The van der Waals surface area contributed by atoms with Gasteiger partial charge in [-0.2, -0.15) is 0 Å². The molecule has 0 aliphatic carbocycles. The SMILES string of the molecule is [B]C1OC(CC(C)(C)C)C(C(C)(C)C)C1C(C)(C)C. The van der Waals surface area contributed by atoms with Gasteiger partial charge in [0.15, 0.2) is 0 Å². The normalized spacial score (nSPS) is 33.7. The molecule has 1 saturated heterocycles. The topological polar surface area (TPSA) is 9.23 Å². The summed E-state index contributed by atoms with van der Waals surface area (Å²) in [7, 11) is 6.34. The molecule has 2 radical (unpaired) electrons. The van der Waals surface area contributed by atoms with Crippen LogP contribution in [-0.4, -0.2) is 20.0 Å². The molecule has 1 fully saturated rings. The lowest BCUT2D eigenvalue weighted by Crippen LogP contribution is -2.41. The Morgan fingerprint density at radius 1 is 0.789 bits per heavy atom. The number of hydrogen-bond acceptors (Lipinski definition) is 1. The van der Waals surface area contributed by atoms with Gasteiger partial charge in [0.1, 0.15) is 7.85 Å². The van der Waals surface area contributed by atoms with Crippen LogP contribution in [0.2, 0.25) is 0 Å². The van der Waals surface area contributed by atoms with Crippen LogP contribution in [0.3, 0.4) is 0 Å². The molecule has 0 saturated carbocycles. The number of hydrogen-bond donors (Lipinski definition) is 0. The van der Waals surface area contributed by atoms with E-state index < -0.39 is 0 Å². The molecule has 0 spiro atoms. The largest absolute Gasteiger partial charge is 0.384 e. The molecule has 1 aliphatic heterocycles. The Morgan fingerprint density at radius 3 is 1.53 bits per heavy atom. The first-order chi connectivity index (χ1) is 8.23. The van der Waals surface area contributed by atoms with Gasteiger partial charge in [-0.05, 0) is 34.5 Å². The Labute approximate surface area is 122 Å². The molecule has 1 heterocycles. The molecule has 2 heteroatoms. The van der Waals surface area contributed by atoms with Crippen molar-refractivity contribution in [1.82, 2.24) is 0 Å². The summed E-state index contributed by atoms with van der Waals surface area (Å²) in [5.41, 5.74) is 0.687. The Kier molecular flexibility index (Phi) is 4.58. The van der Waals surface area contributed by atoms with Gasteiger partial charge in [-0.15, -0.1) is 0 Å². The molecule has 0 aromatic rings. The van der Waals surface area contributed by atoms with E-state index in [0.29, 0.717) is 11.8 Å². The molecular weight excluding hydrogens is 231 g/mol. The van der Waals surface area contributed by atoms with Crippen molar-refractivity contribution in [3.05, 3.63) is 0 Å². The third kappa shape index (κ3) is 4.24. The van der Waals surface area contributed by atoms with Crippen molar-refractivity contribution < 1.29 is 4.74 Å². The number of ether oxygens (including phenoxy) is 1. The summed E-state index contributed by atoms with van der Waals surface area (Å²) >= 11 is 0. The third-order valence-corrected chi connectivity index (χ3v) is 4.29. The van der Waals surface area contributed by atoms with Gasteiger partial charge in [0.05, 0.1) is 6.10 Å². The van der Waals surface area contributed by atoms with Gasteiger partial charge < -0.3 is 4.74 Å². The van der Waals surface area contributed by atoms with E-state index in [1.807, 2.05) is 0 Å². The molecular formula is C17H33BO. The van der Waals surface area contributed by atoms with Crippen molar-refractivity contribution in [3.8, 4) is 0 Å². The minimum Gasteiger partial charge on any atom is -0.384 e. The molecule has 0 N–H and O–H groups in total. The van der Waals surface area contributed by atoms with E-state index in [4.69, 9.17) is 12.6 Å². The predicted molar refractivity (Wildman–Crippen MR) is 84.4 cm³/mol. The Balaban J connectivity index is 3.08. The van der Waals surface area contributed by atoms with E-state index in [0.717, 1.165) is 6.42 Å². The summed E-state index contributed by atoms with van der Waals surface area (Å²) in [6.45, 7) is 20.7. The van der Waals surface area contributed by atoms with Crippen LogP contribution in [0.25, 0.3) is 0 Å². The van der Waals surface area contributed by atoms with E-state index in [-0.39, 0.29) is 28.4 Å². The van der Waals surface area contributed by atoms with Gasteiger partial charge in [-0.3, -0.25) is 0 Å². The first kappa shape index (κ1) is 17.1. The van der Waals surface area contributed by atoms with Gasteiger partial charge in [-0.1, -0.05) is 62.3 Å². The van der Waals surface area contributed by atoms with Crippen LogP contribution < -0.4 is 0 Å². The first-order valence-corrected chi connectivity index (χ1v) is 7.64. The van der Waals surface area contributed by atoms with Crippen molar-refractivity contribution in [2.75, 3.05) is 0 Å². The highest BCUT2D eigenvalue weighted by Crippen LogP contribution is 2.52. The molecule has 0 bridgehead atoms. The molecule has 0 aromatic carbocycles. The zero-order valence-corrected chi connectivity index (χ0v) is 14.5. The minimum absolute atomic E-state index is 0.128. The standard InChI is InChI=1S/C17H33BO/c1-15(2,3)10-11-12(16(4,5)6)13(14(18)19-11)17(7,8)9/h11-14H,10H2,1-9H3. The van der Waals surface area contributed by atoms with Crippen LogP contribution >= 0.6 is 0 Å². The maximum Gasteiger partial charge on any atom is 0.109 e. The molecule has 1 aliphatic rings. The summed E-state index contributed by atoms with van der Waals surface area (Å²) in [6, 6.07) is -0.128. The summed E-state index contributed by atoms with van der Waals surface area (Å²) in [5.74, 6) is 0.932. The Hall–Kier alpha value is 0.0249. The summed E-state index contributed by atoms with van der Waals surface area (Å²) in [6.07, 6.45) is 1.36. The van der Waals surface area contributed by atoms with E-state index >= 15 is 0 Å². The van der Waals surface area contributed by atoms with E-state index in [1.54, 1.807) is 0 Å². The first-order valence-electron chi connectivity index (χ1n) is 7.64. The second-order valence-corrected chi connectivity index (χ2v) is 9.69. The highest BCUT2D eigenvalue weighted by Gasteiger charge is 2.51. The Bertz CT molecular complexity index is 303. The quantitative estimate of drug-likeness (QED) is 0.627. The maximum atomic E-state index is 6.34. The fraction of sp³-hybridized carbons (Fsp3) is 1.00. The molecule has 4 unspecified atom stereocenters.